The van der Waals surface area contributed by atoms with Gasteiger partial charge in [0.15, 0.2) is 16.9 Å². The summed E-state index contributed by atoms with van der Waals surface area (Å²) in [6, 6.07) is 6.18. The summed E-state index contributed by atoms with van der Waals surface area (Å²) in [5, 5.41) is 59.4. The zero-order valence-corrected chi connectivity index (χ0v) is 15.6. The van der Waals surface area contributed by atoms with E-state index in [2.05, 4.69) is 0 Å². The van der Waals surface area contributed by atoms with Gasteiger partial charge in [0.25, 0.3) is 0 Å². The minimum atomic E-state index is -0.876. The lowest BCUT2D eigenvalue weighted by Gasteiger charge is -2.33. The molecular weight excluding hydrogens is 396 g/mol. The minimum absolute atomic E-state index is 0.0184. The number of hydrogen-bond donors (Lipinski definition) is 6. The van der Waals surface area contributed by atoms with Crippen LogP contribution in [0.25, 0.3) is 22.3 Å². The first-order valence-electron chi connectivity index (χ1n) is 9.29. The van der Waals surface area contributed by atoms with Crippen molar-refractivity contribution >= 4 is 11.0 Å². The van der Waals surface area contributed by atoms with Crippen LogP contribution in [0.2, 0.25) is 0 Å². The molecule has 1 fully saturated rings. The molecule has 9 nitrogen and oxygen atoms in total. The van der Waals surface area contributed by atoms with Crippen molar-refractivity contribution in [1.29, 1.82) is 0 Å². The molecule has 3 aromatic rings. The van der Waals surface area contributed by atoms with Gasteiger partial charge < -0.3 is 39.8 Å². The van der Waals surface area contributed by atoms with Gasteiger partial charge in [-0.15, -0.1) is 0 Å². The van der Waals surface area contributed by atoms with Crippen LogP contribution in [0.3, 0.4) is 0 Å². The number of phenolic OH excluding ortho intramolecular Hbond substituents is 4. The predicted octanol–water partition coefficient (Wildman–Crippen LogP) is 1.86. The lowest BCUT2D eigenvalue weighted by atomic mass is 9.94. The molecule has 1 saturated heterocycles. The van der Waals surface area contributed by atoms with Crippen molar-refractivity contribution in [2.75, 3.05) is 6.61 Å². The van der Waals surface area contributed by atoms with Gasteiger partial charge in [0.2, 0.25) is 0 Å². The molecular formula is C21H20O9. The normalized spacial score (nSPS) is 21.7. The first kappa shape index (κ1) is 20.0. The lowest BCUT2D eigenvalue weighted by molar-refractivity contribution is -0.136. The van der Waals surface area contributed by atoms with Gasteiger partial charge in [-0.05, 0) is 31.0 Å². The van der Waals surface area contributed by atoms with Gasteiger partial charge in [0.1, 0.15) is 34.3 Å². The maximum atomic E-state index is 12.7. The standard InChI is InChI=1S/C21H20O9/c22-8-18-11(24)3-4-15(29-18)19-14(27)7-17-20(21(19)28)13(26)6-16(30-17)9-1-2-10(23)12(25)5-9/h1-2,5-7,11,15,18,22-25,27-28H,3-4,8H2/t11?,15?,18-/m1/s1. The number of benzene rings is 2. The van der Waals surface area contributed by atoms with Crippen molar-refractivity contribution in [3.8, 4) is 34.3 Å². The number of aliphatic hydroxyl groups excluding tert-OH is 2. The number of fused-ring (bicyclic) bond motifs is 1. The first-order valence-corrected chi connectivity index (χ1v) is 9.29. The van der Waals surface area contributed by atoms with Crippen LogP contribution in [-0.2, 0) is 4.74 Å². The minimum Gasteiger partial charge on any atom is -0.507 e. The van der Waals surface area contributed by atoms with Gasteiger partial charge in [-0.1, -0.05) is 0 Å². The SMILES string of the molecule is O=c1cc(-c2ccc(O)c(O)c2)oc2cc(O)c(C3CCC(O)[C@@H](CO)O3)c(O)c12. The van der Waals surface area contributed by atoms with Crippen LogP contribution in [0.5, 0.6) is 23.0 Å². The largest absolute Gasteiger partial charge is 0.507 e. The highest BCUT2D eigenvalue weighted by atomic mass is 16.5. The highest BCUT2D eigenvalue weighted by molar-refractivity contribution is 5.88. The molecule has 9 heteroatoms. The summed E-state index contributed by atoms with van der Waals surface area (Å²) in [4.78, 5) is 12.7. The van der Waals surface area contributed by atoms with E-state index in [1.807, 2.05) is 0 Å². The van der Waals surface area contributed by atoms with Gasteiger partial charge in [0.05, 0.1) is 24.4 Å². The summed E-state index contributed by atoms with van der Waals surface area (Å²) < 4.78 is 11.3. The number of ether oxygens (including phenoxy) is 1. The highest BCUT2D eigenvalue weighted by Gasteiger charge is 2.34. The quantitative estimate of drug-likeness (QED) is 0.350. The molecule has 4 rings (SSSR count). The van der Waals surface area contributed by atoms with Crippen molar-refractivity contribution in [3.63, 3.8) is 0 Å². The Morgan fingerprint density at radius 1 is 0.967 bits per heavy atom. The Morgan fingerprint density at radius 3 is 2.43 bits per heavy atom. The summed E-state index contributed by atoms with van der Waals surface area (Å²) in [7, 11) is 0. The van der Waals surface area contributed by atoms with Crippen LogP contribution in [0.1, 0.15) is 24.5 Å². The van der Waals surface area contributed by atoms with Crippen LogP contribution >= 0.6 is 0 Å². The molecule has 6 N–H and O–H groups in total. The number of hydrogen-bond acceptors (Lipinski definition) is 9. The third-order valence-electron chi connectivity index (χ3n) is 5.27. The Bertz CT molecular complexity index is 1170. The monoisotopic (exact) mass is 416 g/mol. The smallest absolute Gasteiger partial charge is 0.197 e. The Morgan fingerprint density at radius 2 is 1.73 bits per heavy atom. The molecule has 0 saturated carbocycles. The Kier molecular flexibility index (Phi) is 5.02. The average Bonchev–Trinajstić information content (AvgIpc) is 2.70. The van der Waals surface area contributed by atoms with Gasteiger partial charge in [-0.25, -0.2) is 0 Å². The maximum absolute atomic E-state index is 12.7. The fourth-order valence-electron chi connectivity index (χ4n) is 3.70. The second-order valence-corrected chi connectivity index (χ2v) is 7.20. The maximum Gasteiger partial charge on any atom is 0.197 e. The number of aliphatic hydroxyl groups is 2. The number of rotatable bonds is 3. The Hall–Kier alpha value is -3.27. The van der Waals surface area contributed by atoms with Crippen LogP contribution in [0.15, 0.2) is 39.5 Å². The summed E-state index contributed by atoms with van der Waals surface area (Å²) in [5.74, 6) is -1.54. The Labute approximate surface area is 169 Å². The summed E-state index contributed by atoms with van der Waals surface area (Å²) >= 11 is 0. The number of aromatic hydroxyl groups is 4. The first-order chi connectivity index (χ1) is 14.3. The predicted molar refractivity (Wildman–Crippen MR) is 105 cm³/mol. The Balaban J connectivity index is 1.82. The highest BCUT2D eigenvalue weighted by Crippen LogP contribution is 2.44. The van der Waals surface area contributed by atoms with Crippen molar-refractivity contribution in [1.82, 2.24) is 0 Å². The van der Waals surface area contributed by atoms with E-state index < -0.39 is 41.8 Å². The summed E-state index contributed by atoms with van der Waals surface area (Å²) in [6.45, 7) is -0.433. The summed E-state index contributed by atoms with van der Waals surface area (Å²) in [6.07, 6.45) is -2.03. The molecule has 1 aliphatic heterocycles. The zero-order valence-electron chi connectivity index (χ0n) is 15.6. The van der Waals surface area contributed by atoms with E-state index in [0.29, 0.717) is 5.56 Å². The van der Waals surface area contributed by atoms with E-state index in [-0.39, 0.29) is 46.6 Å². The van der Waals surface area contributed by atoms with Crippen molar-refractivity contribution in [2.45, 2.75) is 31.2 Å². The molecule has 0 radical (unpaired) electrons. The molecule has 30 heavy (non-hydrogen) atoms. The topological polar surface area (TPSA) is 161 Å². The van der Waals surface area contributed by atoms with Crippen LogP contribution in [0, 0.1) is 0 Å². The molecule has 2 heterocycles. The third-order valence-corrected chi connectivity index (χ3v) is 5.27. The fourth-order valence-corrected chi connectivity index (χ4v) is 3.70. The van der Waals surface area contributed by atoms with Gasteiger partial charge in [-0.3, -0.25) is 4.79 Å². The van der Waals surface area contributed by atoms with Gasteiger partial charge in [0, 0.05) is 17.7 Å². The van der Waals surface area contributed by atoms with Crippen molar-refractivity contribution in [2.24, 2.45) is 0 Å². The van der Waals surface area contributed by atoms with Crippen molar-refractivity contribution < 1.29 is 39.8 Å². The third kappa shape index (κ3) is 3.32. The second-order valence-electron chi connectivity index (χ2n) is 7.20. The molecule has 2 unspecified atom stereocenters. The van der Waals surface area contributed by atoms with Crippen LogP contribution in [0.4, 0.5) is 0 Å². The van der Waals surface area contributed by atoms with E-state index in [4.69, 9.17) is 9.15 Å². The second kappa shape index (κ2) is 7.52. The average molecular weight is 416 g/mol. The zero-order chi connectivity index (χ0) is 21.6. The van der Waals surface area contributed by atoms with Gasteiger partial charge in [-0.2, -0.15) is 0 Å². The molecule has 0 aliphatic carbocycles. The number of phenols is 4. The molecule has 0 bridgehead atoms. The molecule has 0 spiro atoms. The van der Waals surface area contributed by atoms with Gasteiger partial charge >= 0.3 is 0 Å². The molecule has 3 atom stereocenters. The molecule has 0 amide bonds. The molecule has 158 valence electrons. The van der Waals surface area contributed by atoms with E-state index in [0.717, 1.165) is 6.07 Å². The summed E-state index contributed by atoms with van der Waals surface area (Å²) in [5.41, 5.74) is -0.386. The van der Waals surface area contributed by atoms with Crippen molar-refractivity contribution in [3.05, 3.63) is 46.1 Å². The fraction of sp³-hybridized carbons (Fsp3) is 0.286. The lowest BCUT2D eigenvalue weighted by Crippen LogP contribution is -2.38. The van der Waals surface area contributed by atoms with E-state index in [9.17, 15) is 35.4 Å². The molecule has 1 aliphatic rings. The molecule has 2 aromatic carbocycles. The van der Waals surface area contributed by atoms with E-state index in [1.165, 1.54) is 24.3 Å². The van der Waals surface area contributed by atoms with Crippen LogP contribution in [-0.4, -0.2) is 49.5 Å². The van der Waals surface area contributed by atoms with E-state index >= 15 is 0 Å². The van der Waals surface area contributed by atoms with Crippen LogP contribution < -0.4 is 5.43 Å². The van der Waals surface area contributed by atoms with E-state index in [1.54, 1.807) is 0 Å². The molecule has 1 aromatic heterocycles.